The zero-order valence-electron chi connectivity index (χ0n) is 12.7. The van der Waals surface area contributed by atoms with E-state index in [1.54, 1.807) is 0 Å². The van der Waals surface area contributed by atoms with Crippen LogP contribution in [0.25, 0.3) is 11.0 Å². The van der Waals surface area contributed by atoms with Crippen molar-refractivity contribution in [3.8, 4) is 0 Å². The Morgan fingerprint density at radius 3 is 2.90 bits per heavy atom. The number of aromatic nitrogens is 2. The number of imidazole rings is 1. The molecule has 2 heterocycles. The van der Waals surface area contributed by atoms with Crippen molar-refractivity contribution in [1.29, 1.82) is 0 Å². The lowest BCUT2D eigenvalue weighted by atomic mass is 9.79. The van der Waals surface area contributed by atoms with Crippen molar-refractivity contribution in [3.05, 3.63) is 30.1 Å². The summed E-state index contributed by atoms with van der Waals surface area (Å²) in [7, 11) is 2.13. The van der Waals surface area contributed by atoms with Crippen LogP contribution in [0, 0.1) is 5.92 Å². The summed E-state index contributed by atoms with van der Waals surface area (Å²) in [6.45, 7) is 3.72. The molecule has 1 aliphatic heterocycles. The summed E-state index contributed by atoms with van der Waals surface area (Å²) in [5, 5.41) is 0. The maximum atomic E-state index is 5.73. The molecular formula is C17H23N3O. The highest BCUT2D eigenvalue weighted by Crippen LogP contribution is 2.34. The van der Waals surface area contributed by atoms with Crippen LogP contribution in [-0.2, 0) is 18.3 Å². The van der Waals surface area contributed by atoms with Crippen molar-refractivity contribution >= 4 is 11.0 Å². The number of nitrogens with zero attached hydrogens (tertiary/aromatic N) is 3. The predicted molar refractivity (Wildman–Crippen MR) is 83.1 cm³/mol. The minimum Gasteiger partial charge on any atom is -0.378 e. The zero-order valence-corrected chi connectivity index (χ0v) is 12.7. The highest BCUT2D eigenvalue weighted by Gasteiger charge is 2.34. The molecule has 2 aromatic rings. The number of aryl methyl sites for hydroxylation is 1. The fraction of sp³-hybridized carbons (Fsp3) is 0.588. The molecule has 21 heavy (non-hydrogen) atoms. The summed E-state index contributed by atoms with van der Waals surface area (Å²) in [6.07, 6.45) is 4.13. The minimum absolute atomic E-state index is 0.590. The first-order valence-corrected chi connectivity index (χ1v) is 8.05. The van der Waals surface area contributed by atoms with E-state index in [1.807, 2.05) is 0 Å². The number of benzene rings is 1. The molecule has 1 aromatic carbocycles. The quantitative estimate of drug-likeness (QED) is 0.868. The average molecular weight is 285 g/mol. The summed E-state index contributed by atoms with van der Waals surface area (Å²) in [5.41, 5.74) is 2.32. The maximum Gasteiger partial charge on any atom is 0.123 e. The lowest BCUT2D eigenvalue weighted by Crippen LogP contribution is -2.50. The number of morpholine rings is 1. The van der Waals surface area contributed by atoms with Gasteiger partial charge >= 0.3 is 0 Å². The smallest absolute Gasteiger partial charge is 0.123 e. The van der Waals surface area contributed by atoms with Gasteiger partial charge in [0, 0.05) is 19.6 Å². The van der Waals surface area contributed by atoms with Gasteiger partial charge in [0.1, 0.15) is 5.82 Å². The molecule has 0 spiro atoms. The molecule has 4 nitrogen and oxygen atoms in total. The second-order valence-corrected chi connectivity index (χ2v) is 6.38. The Morgan fingerprint density at radius 2 is 2.14 bits per heavy atom. The second kappa shape index (κ2) is 5.43. The molecule has 0 radical (unpaired) electrons. The Hall–Kier alpha value is -1.39. The zero-order chi connectivity index (χ0) is 14.2. The van der Waals surface area contributed by atoms with E-state index in [1.165, 1.54) is 30.6 Å². The van der Waals surface area contributed by atoms with E-state index < -0.39 is 0 Å². The van der Waals surface area contributed by atoms with Gasteiger partial charge in [-0.25, -0.2) is 4.98 Å². The van der Waals surface area contributed by atoms with Crippen LogP contribution in [0.15, 0.2) is 24.3 Å². The van der Waals surface area contributed by atoms with E-state index in [4.69, 9.17) is 9.72 Å². The van der Waals surface area contributed by atoms with Gasteiger partial charge in [0.05, 0.1) is 30.8 Å². The second-order valence-electron chi connectivity index (χ2n) is 6.38. The molecule has 1 saturated heterocycles. The Bertz CT molecular complexity index is 632. The molecule has 4 heteroatoms. The lowest BCUT2D eigenvalue weighted by Gasteiger charge is -2.43. The Kier molecular flexibility index (Phi) is 3.43. The molecule has 2 fully saturated rings. The predicted octanol–water partition coefficient (Wildman–Crippen LogP) is 2.57. The van der Waals surface area contributed by atoms with Crippen molar-refractivity contribution in [2.45, 2.75) is 31.8 Å². The first kappa shape index (κ1) is 13.3. The van der Waals surface area contributed by atoms with E-state index >= 15 is 0 Å². The molecular weight excluding hydrogens is 262 g/mol. The van der Waals surface area contributed by atoms with Gasteiger partial charge in [-0.3, -0.25) is 4.90 Å². The number of ether oxygens (including phenoxy) is 1. The fourth-order valence-corrected chi connectivity index (χ4v) is 3.63. The van der Waals surface area contributed by atoms with Crippen LogP contribution in [-0.4, -0.2) is 40.3 Å². The molecule has 0 bridgehead atoms. The number of rotatable bonds is 3. The van der Waals surface area contributed by atoms with Gasteiger partial charge in [0.25, 0.3) is 0 Å². The van der Waals surface area contributed by atoms with Gasteiger partial charge in [-0.15, -0.1) is 0 Å². The summed E-state index contributed by atoms with van der Waals surface area (Å²) in [4.78, 5) is 7.42. The SMILES string of the molecule is Cn1c(CN2CCOCC2C2CCC2)nc2ccccc21. The van der Waals surface area contributed by atoms with Gasteiger partial charge in [0.2, 0.25) is 0 Å². The average Bonchev–Trinajstić information content (AvgIpc) is 2.76. The van der Waals surface area contributed by atoms with Crippen LogP contribution in [0.3, 0.4) is 0 Å². The molecule has 1 saturated carbocycles. The topological polar surface area (TPSA) is 30.3 Å². The van der Waals surface area contributed by atoms with Crippen LogP contribution in [0.5, 0.6) is 0 Å². The Morgan fingerprint density at radius 1 is 1.29 bits per heavy atom. The molecule has 1 atom stereocenters. The molecule has 4 rings (SSSR count). The van der Waals surface area contributed by atoms with Crippen molar-refractivity contribution in [2.24, 2.45) is 13.0 Å². The van der Waals surface area contributed by atoms with Crippen LogP contribution in [0.2, 0.25) is 0 Å². The van der Waals surface area contributed by atoms with E-state index in [0.717, 1.165) is 37.7 Å². The van der Waals surface area contributed by atoms with Crippen LogP contribution in [0.1, 0.15) is 25.1 Å². The third kappa shape index (κ3) is 2.36. The summed E-state index contributed by atoms with van der Waals surface area (Å²) < 4.78 is 7.97. The van der Waals surface area contributed by atoms with E-state index in [2.05, 4.69) is 40.8 Å². The van der Waals surface area contributed by atoms with E-state index in [9.17, 15) is 0 Å². The first-order chi connectivity index (χ1) is 10.3. The van der Waals surface area contributed by atoms with Crippen molar-refractivity contribution < 1.29 is 4.74 Å². The summed E-state index contributed by atoms with van der Waals surface area (Å²) in [6, 6.07) is 8.98. The first-order valence-electron chi connectivity index (χ1n) is 8.05. The largest absolute Gasteiger partial charge is 0.378 e. The van der Waals surface area contributed by atoms with Gasteiger partial charge < -0.3 is 9.30 Å². The van der Waals surface area contributed by atoms with E-state index in [-0.39, 0.29) is 0 Å². The van der Waals surface area contributed by atoms with Gasteiger partial charge in [-0.2, -0.15) is 0 Å². The number of fused-ring (bicyclic) bond motifs is 1. The molecule has 1 unspecified atom stereocenters. The standard InChI is InChI=1S/C17H23N3O/c1-19-15-8-3-2-7-14(15)18-17(19)11-20-9-10-21-12-16(20)13-5-4-6-13/h2-3,7-8,13,16H,4-6,9-12H2,1H3. The maximum absolute atomic E-state index is 5.73. The van der Waals surface area contributed by atoms with Gasteiger partial charge in [-0.1, -0.05) is 18.6 Å². The number of hydrogen-bond donors (Lipinski definition) is 0. The normalized spacial score (nSPS) is 24.3. The van der Waals surface area contributed by atoms with Crippen molar-refractivity contribution in [2.75, 3.05) is 19.8 Å². The van der Waals surface area contributed by atoms with Crippen LogP contribution in [0.4, 0.5) is 0 Å². The number of hydrogen-bond acceptors (Lipinski definition) is 3. The molecule has 112 valence electrons. The van der Waals surface area contributed by atoms with Crippen molar-refractivity contribution in [3.63, 3.8) is 0 Å². The van der Waals surface area contributed by atoms with Crippen molar-refractivity contribution in [1.82, 2.24) is 14.5 Å². The van der Waals surface area contributed by atoms with E-state index in [0.29, 0.717) is 6.04 Å². The molecule has 1 aromatic heterocycles. The van der Waals surface area contributed by atoms with Gasteiger partial charge in [0.15, 0.2) is 0 Å². The third-order valence-electron chi connectivity index (χ3n) is 5.20. The molecule has 0 N–H and O–H groups in total. The third-order valence-corrected chi connectivity index (χ3v) is 5.20. The lowest BCUT2D eigenvalue weighted by molar-refractivity contribution is -0.0498. The Labute approximate surface area is 125 Å². The minimum atomic E-state index is 0.590. The number of para-hydroxylation sites is 2. The van der Waals surface area contributed by atoms with Crippen LogP contribution < -0.4 is 0 Å². The van der Waals surface area contributed by atoms with Crippen LogP contribution >= 0.6 is 0 Å². The summed E-state index contributed by atoms with van der Waals surface area (Å²) >= 11 is 0. The summed E-state index contributed by atoms with van der Waals surface area (Å²) in [5.74, 6) is 2.00. The molecule has 1 aliphatic carbocycles. The monoisotopic (exact) mass is 285 g/mol. The molecule has 2 aliphatic rings. The molecule has 0 amide bonds. The highest BCUT2D eigenvalue weighted by molar-refractivity contribution is 5.75. The van der Waals surface area contributed by atoms with Gasteiger partial charge in [-0.05, 0) is 30.9 Å². The Balaban J connectivity index is 1.58. The highest BCUT2D eigenvalue weighted by atomic mass is 16.5. The fourth-order valence-electron chi connectivity index (χ4n) is 3.63.